The summed E-state index contributed by atoms with van der Waals surface area (Å²) in [6.07, 6.45) is 2.31. The second-order valence-corrected chi connectivity index (χ2v) is 7.01. The van der Waals surface area contributed by atoms with E-state index in [-0.39, 0.29) is 4.90 Å². The summed E-state index contributed by atoms with van der Waals surface area (Å²) < 4.78 is 28.8. The molecule has 110 valence electrons. The zero-order valence-electron chi connectivity index (χ0n) is 11.5. The zero-order chi connectivity index (χ0) is 14.8. The molecule has 0 spiro atoms. The number of nitrogens with zero attached hydrogens (tertiary/aromatic N) is 3. The fourth-order valence-electron chi connectivity index (χ4n) is 1.69. The van der Waals surface area contributed by atoms with Crippen LogP contribution in [0.15, 0.2) is 17.2 Å². The Balaban J connectivity index is 2.23. The van der Waals surface area contributed by atoms with Crippen LogP contribution in [0.5, 0.6) is 0 Å². The van der Waals surface area contributed by atoms with E-state index in [9.17, 15) is 8.42 Å². The lowest BCUT2D eigenvalue weighted by atomic mass is 10.4. The maximum absolute atomic E-state index is 12.3. The Bertz CT molecular complexity index is 689. The molecular weight excluding hydrogens is 298 g/mol. The summed E-state index contributed by atoms with van der Waals surface area (Å²) in [7, 11) is 0.00488. The molecule has 0 aromatic carbocycles. The molecule has 2 rings (SSSR count). The number of hydrogen-bond acceptors (Lipinski definition) is 6. The average Bonchev–Trinajstić information content (AvgIpc) is 2.97. The molecule has 0 unspecified atom stereocenters. The summed E-state index contributed by atoms with van der Waals surface area (Å²) in [6.45, 7) is 2.55. The van der Waals surface area contributed by atoms with Crippen LogP contribution in [0.4, 0.5) is 5.13 Å². The first kappa shape index (κ1) is 14.9. The van der Waals surface area contributed by atoms with Crippen LogP contribution in [-0.4, -0.2) is 30.2 Å². The van der Waals surface area contributed by atoms with Gasteiger partial charge in [0.1, 0.15) is 9.90 Å². The van der Waals surface area contributed by atoms with Crippen molar-refractivity contribution in [1.82, 2.24) is 20.1 Å². The van der Waals surface area contributed by atoms with E-state index >= 15 is 0 Å². The topological polar surface area (TPSA) is 88.9 Å². The number of rotatable bonds is 6. The standard InChI is InChI=1S/C11H17N5O2S2/c1-4-10-13-14-11(19-10)15-20(17,18)9-5-8(6-12-2)16(3)7-9/h5,7,12H,4,6H2,1-3H3,(H,14,15). The van der Waals surface area contributed by atoms with Crippen molar-refractivity contribution in [1.29, 1.82) is 0 Å². The highest BCUT2D eigenvalue weighted by Gasteiger charge is 2.19. The highest BCUT2D eigenvalue weighted by atomic mass is 32.2. The molecule has 0 saturated heterocycles. The first-order valence-electron chi connectivity index (χ1n) is 6.11. The molecule has 0 aliphatic heterocycles. The summed E-state index contributed by atoms with van der Waals surface area (Å²) in [5.41, 5.74) is 0.888. The average molecular weight is 315 g/mol. The summed E-state index contributed by atoms with van der Waals surface area (Å²) in [5.74, 6) is 0. The molecule has 2 aromatic rings. The third-order valence-corrected chi connectivity index (χ3v) is 5.16. The highest BCUT2D eigenvalue weighted by molar-refractivity contribution is 7.93. The van der Waals surface area contributed by atoms with Gasteiger partial charge in [0.25, 0.3) is 10.0 Å². The lowest BCUT2D eigenvalue weighted by molar-refractivity contribution is 0.601. The van der Waals surface area contributed by atoms with Crippen molar-refractivity contribution in [3.05, 3.63) is 23.0 Å². The molecule has 2 heterocycles. The van der Waals surface area contributed by atoms with Crippen LogP contribution in [0.2, 0.25) is 0 Å². The minimum atomic E-state index is -3.62. The first-order valence-corrected chi connectivity index (χ1v) is 8.41. The van der Waals surface area contributed by atoms with E-state index in [0.717, 1.165) is 17.1 Å². The molecule has 0 atom stereocenters. The molecular formula is C11H17N5O2S2. The molecule has 9 heteroatoms. The monoisotopic (exact) mass is 315 g/mol. The van der Waals surface area contributed by atoms with E-state index in [2.05, 4.69) is 20.2 Å². The predicted molar refractivity (Wildman–Crippen MR) is 78.3 cm³/mol. The zero-order valence-corrected chi connectivity index (χ0v) is 13.2. The number of sulfonamides is 1. The number of aromatic nitrogens is 3. The maximum atomic E-state index is 12.3. The Morgan fingerprint density at radius 2 is 2.15 bits per heavy atom. The van der Waals surface area contributed by atoms with Crippen molar-refractivity contribution < 1.29 is 8.42 Å². The van der Waals surface area contributed by atoms with E-state index in [0.29, 0.717) is 11.7 Å². The summed E-state index contributed by atoms with van der Waals surface area (Å²) >= 11 is 1.24. The molecule has 0 saturated carbocycles. The van der Waals surface area contributed by atoms with E-state index in [1.165, 1.54) is 11.3 Å². The van der Waals surface area contributed by atoms with Gasteiger partial charge in [0.15, 0.2) is 0 Å². The molecule has 0 bridgehead atoms. The molecule has 0 amide bonds. The van der Waals surface area contributed by atoms with Crippen molar-refractivity contribution in [3.8, 4) is 0 Å². The molecule has 2 N–H and O–H groups in total. The van der Waals surface area contributed by atoms with Gasteiger partial charge in [-0.2, -0.15) is 0 Å². The first-order chi connectivity index (χ1) is 9.46. The molecule has 0 radical (unpaired) electrons. The lowest BCUT2D eigenvalue weighted by Crippen LogP contribution is -2.12. The number of aryl methyl sites for hydroxylation is 2. The fourth-order valence-corrected chi connectivity index (χ4v) is 3.70. The van der Waals surface area contributed by atoms with Gasteiger partial charge in [-0.1, -0.05) is 18.3 Å². The van der Waals surface area contributed by atoms with Gasteiger partial charge < -0.3 is 9.88 Å². The van der Waals surface area contributed by atoms with Gasteiger partial charge in [-0.05, 0) is 19.5 Å². The minimum absolute atomic E-state index is 0.221. The number of anilines is 1. The third-order valence-electron chi connectivity index (χ3n) is 2.74. The Hall–Kier alpha value is -1.45. The van der Waals surface area contributed by atoms with Gasteiger partial charge in [-0.3, -0.25) is 4.72 Å². The van der Waals surface area contributed by atoms with Crippen molar-refractivity contribution in [2.45, 2.75) is 24.8 Å². The summed E-state index contributed by atoms with van der Waals surface area (Å²) in [4.78, 5) is 0.221. The van der Waals surface area contributed by atoms with E-state index in [4.69, 9.17) is 0 Å². The van der Waals surface area contributed by atoms with Gasteiger partial charge in [0.05, 0.1) is 0 Å². The smallest absolute Gasteiger partial charge is 0.265 e. The van der Waals surface area contributed by atoms with E-state index in [1.807, 2.05) is 21.0 Å². The van der Waals surface area contributed by atoms with Crippen molar-refractivity contribution in [2.24, 2.45) is 7.05 Å². The van der Waals surface area contributed by atoms with Crippen LogP contribution < -0.4 is 10.0 Å². The van der Waals surface area contributed by atoms with Gasteiger partial charge in [-0.15, -0.1) is 10.2 Å². The quantitative estimate of drug-likeness (QED) is 0.829. The van der Waals surface area contributed by atoms with Crippen LogP contribution in [0.25, 0.3) is 0 Å². The lowest BCUT2D eigenvalue weighted by Gasteiger charge is -2.01. The van der Waals surface area contributed by atoms with Gasteiger partial charge in [0, 0.05) is 25.5 Å². The normalized spacial score (nSPS) is 11.8. The Morgan fingerprint density at radius 1 is 1.40 bits per heavy atom. The molecule has 2 aromatic heterocycles. The molecule has 0 fully saturated rings. The maximum Gasteiger partial charge on any atom is 0.265 e. The van der Waals surface area contributed by atoms with Crippen molar-refractivity contribution in [3.63, 3.8) is 0 Å². The highest BCUT2D eigenvalue weighted by Crippen LogP contribution is 2.21. The van der Waals surface area contributed by atoms with Crippen molar-refractivity contribution >= 4 is 26.5 Å². The molecule has 0 aliphatic carbocycles. The predicted octanol–water partition coefficient (Wildman–Crippen LogP) is 0.959. The second kappa shape index (κ2) is 5.90. The number of hydrogen-bond donors (Lipinski definition) is 2. The third kappa shape index (κ3) is 3.17. The van der Waals surface area contributed by atoms with Gasteiger partial charge in [0.2, 0.25) is 5.13 Å². The van der Waals surface area contributed by atoms with E-state index < -0.39 is 10.0 Å². The largest absolute Gasteiger partial charge is 0.352 e. The SMILES string of the molecule is CCc1nnc(NS(=O)(=O)c2cc(CNC)n(C)c2)s1. The van der Waals surface area contributed by atoms with Gasteiger partial charge >= 0.3 is 0 Å². The van der Waals surface area contributed by atoms with Crippen LogP contribution >= 0.6 is 11.3 Å². The van der Waals surface area contributed by atoms with Crippen LogP contribution in [0.3, 0.4) is 0 Å². The van der Waals surface area contributed by atoms with Gasteiger partial charge in [-0.25, -0.2) is 8.42 Å². The molecule has 7 nitrogen and oxygen atoms in total. The minimum Gasteiger partial charge on any atom is -0.352 e. The van der Waals surface area contributed by atoms with E-state index in [1.54, 1.807) is 16.8 Å². The van der Waals surface area contributed by atoms with Crippen molar-refractivity contribution in [2.75, 3.05) is 11.8 Å². The molecule has 20 heavy (non-hydrogen) atoms. The Labute approximate surface area is 122 Å². The fraction of sp³-hybridized carbons (Fsp3) is 0.455. The van der Waals surface area contributed by atoms with Crippen LogP contribution in [0.1, 0.15) is 17.6 Å². The van der Waals surface area contributed by atoms with Crippen LogP contribution in [0, 0.1) is 0 Å². The Morgan fingerprint density at radius 3 is 2.75 bits per heavy atom. The Kier molecular flexibility index (Phi) is 4.41. The summed E-state index contributed by atoms with van der Waals surface area (Å²) in [6, 6.07) is 1.64. The summed E-state index contributed by atoms with van der Waals surface area (Å²) in [5, 5.41) is 11.8. The second-order valence-electron chi connectivity index (χ2n) is 4.27. The van der Waals surface area contributed by atoms with Crippen LogP contribution in [-0.2, 0) is 30.0 Å². The number of nitrogens with one attached hydrogen (secondary N) is 2. The molecule has 0 aliphatic rings.